The summed E-state index contributed by atoms with van der Waals surface area (Å²) in [5.74, 6) is 0. The number of rotatable bonds is 3. The largest absolute Gasteiger partial charge is 0.302 e. The Morgan fingerprint density at radius 2 is 1.95 bits per heavy atom. The molecule has 3 aliphatic rings. The van der Waals surface area contributed by atoms with Crippen LogP contribution in [0.15, 0.2) is 0 Å². The van der Waals surface area contributed by atoms with E-state index >= 15 is 0 Å². The maximum atomic E-state index is 2.83. The molecule has 3 heteroatoms. The summed E-state index contributed by atoms with van der Waals surface area (Å²) in [7, 11) is 0. The van der Waals surface area contributed by atoms with Crippen LogP contribution in [0.25, 0.3) is 0 Å². The smallest absolute Gasteiger partial charge is 0.0235 e. The zero-order valence-electron chi connectivity index (χ0n) is 13.1. The predicted octanol–water partition coefficient (Wildman–Crippen LogP) is 1.89. The van der Waals surface area contributed by atoms with Gasteiger partial charge >= 0.3 is 0 Å². The van der Waals surface area contributed by atoms with Crippen LogP contribution in [0.1, 0.15) is 40.0 Å². The van der Waals surface area contributed by atoms with Crippen molar-refractivity contribution in [3.63, 3.8) is 0 Å². The fraction of sp³-hybridized carbons (Fsp3) is 1.00. The number of piperidine rings is 1. The lowest BCUT2D eigenvalue weighted by Crippen LogP contribution is -2.63. The van der Waals surface area contributed by atoms with Crippen molar-refractivity contribution in [3.05, 3.63) is 0 Å². The van der Waals surface area contributed by atoms with Crippen LogP contribution in [-0.2, 0) is 0 Å². The number of likely N-dealkylation sites (tertiary alicyclic amines) is 3. The minimum atomic E-state index is 0.666. The van der Waals surface area contributed by atoms with Gasteiger partial charge in [-0.25, -0.2) is 0 Å². The van der Waals surface area contributed by atoms with E-state index in [1.807, 2.05) is 0 Å². The fourth-order valence-corrected chi connectivity index (χ4v) is 4.48. The number of hydrogen-bond donors (Lipinski definition) is 0. The van der Waals surface area contributed by atoms with Crippen LogP contribution in [-0.4, -0.2) is 72.6 Å². The molecule has 3 nitrogen and oxygen atoms in total. The first-order valence-corrected chi connectivity index (χ1v) is 8.32. The van der Waals surface area contributed by atoms with Crippen molar-refractivity contribution in [2.24, 2.45) is 5.41 Å². The van der Waals surface area contributed by atoms with E-state index in [2.05, 4.69) is 35.5 Å². The Morgan fingerprint density at radius 1 is 1.16 bits per heavy atom. The van der Waals surface area contributed by atoms with Crippen LogP contribution in [0.2, 0.25) is 0 Å². The highest BCUT2D eigenvalue weighted by molar-refractivity contribution is 5.01. The van der Waals surface area contributed by atoms with Gasteiger partial charge < -0.3 is 4.90 Å². The molecule has 1 atom stereocenters. The lowest BCUT2D eigenvalue weighted by molar-refractivity contribution is -0.0609. The van der Waals surface area contributed by atoms with Crippen LogP contribution >= 0.6 is 0 Å². The van der Waals surface area contributed by atoms with Crippen LogP contribution in [0.5, 0.6) is 0 Å². The Bertz CT molecular complexity index is 309. The maximum absolute atomic E-state index is 2.83. The van der Waals surface area contributed by atoms with E-state index in [0.29, 0.717) is 5.41 Å². The van der Waals surface area contributed by atoms with Gasteiger partial charge in [0.05, 0.1) is 0 Å². The van der Waals surface area contributed by atoms with Gasteiger partial charge in [0, 0.05) is 50.2 Å². The summed E-state index contributed by atoms with van der Waals surface area (Å²) in [6.45, 7) is 16.3. The monoisotopic (exact) mass is 265 g/mol. The fourth-order valence-electron chi connectivity index (χ4n) is 4.48. The zero-order chi connectivity index (χ0) is 13.5. The minimum Gasteiger partial charge on any atom is -0.302 e. The van der Waals surface area contributed by atoms with Gasteiger partial charge in [0.25, 0.3) is 0 Å². The van der Waals surface area contributed by atoms with E-state index in [-0.39, 0.29) is 0 Å². The van der Waals surface area contributed by atoms with Crippen molar-refractivity contribution < 1.29 is 0 Å². The molecule has 0 N–H and O–H groups in total. The molecule has 3 rings (SSSR count). The minimum absolute atomic E-state index is 0.666. The molecular weight excluding hydrogens is 234 g/mol. The summed E-state index contributed by atoms with van der Waals surface area (Å²) in [6, 6.07) is 1.57. The average molecular weight is 265 g/mol. The molecule has 3 saturated heterocycles. The number of hydrogen-bond acceptors (Lipinski definition) is 3. The third-order valence-electron chi connectivity index (χ3n) is 5.70. The van der Waals surface area contributed by atoms with Crippen LogP contribution in [0, 0.1) is 5.41 Å². The molecule has 1 spiro atoms. The lowest BCUT2D eigenvalue weighted by atomic mass is 9.73. The molecule has 19 heavy (non-hydrogen) atoms. The highest BCUT2D eigenvalue weighted by atomic mass is 15.3. The molecule has 0 aromatic heterocycles. The SMILES string of the molecule is CCN1CC2(CCCN(C3CCN(C(C)C)C3)C2)C1. The summed E-state index contributed by atoms with van der Waals surface area (Å²) < 4.78 is 0. The van der Waals surface area contributed by atoms with E-state index in [4.69, 9.17) is 0 Å². The lowest BCUT2D eigenvalue weighted by Gasteiger charge is -2.55. The predicted molar refractivity (Wildman–Crippen MR) is 80.5 cm³/mol. The molecule has 0 radical (unpaired) electrons. The normalized spacial score (nSPS) is 33.2. The Morgan fingerprint density at radius 3 is 2.58 bits per heavy atom. The van der Waals surface area contributed by atoms with Gasteiger partial charge in [0.2, 0.25) is 0 Å². The van der Waals surface area contributed by atoms with E-state index in [1.165, 1.54) is 65.1 Å². The summed E-state index contributed by atoms with van der Waals surface area (Å²) in [6.07, 6.45) is 4.29. The Kier molecular flexibility index (Phi) is 3.89. The van der Waals surface area contributed by atoms with Crippen LogP contribution in [0.3, 0.4) is 0 Å². The van der Waals surface area contributed by atoms with Crippen molar-refractivity contribution in [2.45, 2.75) is 52.1 Å². The molecule has 1 unspecified atom stereocenters. The molecule has 3 aliphatic heterocycles. The van der Waals surface area contributed by atoms with Crippen LogP contribution in [0.4, 0.5) is 0 Å². The van der Waals surface area contributed by atoms with Crippen molar-refractivity contribution in [1.82, 2.24) is 14.7 Å². The summed E-state index contributed by atoms with van der Waals surface area (Å²) in [4.78, 5) is 8.10. The third-order valence-corrected chi connectivity index (χ3v) is 5.70. The molecule has 0 aromatic rings. The summed E-state index contributed by atoms with van der Waals surface area (Å²) in [5, 5.41) is 0. The molecule has 0 aliphatic carbocycles. The Hall–Kier alpha value is -0.120. The van der Waals surface area contributed by atoms with Crippen molar-refractivity contribution >= 4 is 0 Å². The second-order valence-corrected chi connectivity index (χ2v) is 7.41. The molecule has 3 heterocycles. The van der Waals surface area contributed by atoms with E-state index < -0.39 is 0 Å². The second kappa shape index (κ2) is 5.34. The standard InChI is InChI=1S/C16H31N3/c1-4-17-11-16(12-17)7-5-8-19(13-16)15-6-9-18(10-15)14(2)3/h14-15H,4-13H2,1-3H3. The highest BCUT2D eigenvalue weighted by Crippen LogP contribution is 2.40. The summed E-state index contributed by atoms with van der Waals surface area (Å²) >= 11 is 0. The van der Waals surface area contributed by atoms with Crippen molar-refractivity contribution in [1.29, 1.82) is 0 Å². The second-order valence-electron chi connectivity index (χ2n) is 7.41. The topological polar surface area (TPSA) is 9.72 Å². The Labute approximate surface area is 118 Å². The Balaban J connectivity index is 1.55. The molecule has 110 valence electrons. The van der Waals surface area contributed by atoms with Gasteiger partial charge in [0.1, 0.15) is 0 Å². The third kappa shape index (κ3) is 2.70. The average Bonchev–Trinajstić information content (AvgIpc) is 2.85. The van der Waals surface area contributed by atoms with Crippen molar-refractivity contribution in [3.8, 4) is 0 Å². The molecule has 0 aromatic carbocycles. The van der Waals surface area contributed by atoms with Crippen molar-refractivity contribution in [2.75, 3.05) is 45.8 Å². The van der Waals surface area contributed by atoms with Gasteiger partial charge in [0.15, 0.2) is 0 Å². The van der Waals surface area contributed by atoms with Gasteiger partial charge in [-0.15, -0.1) is 0 Å². The summed E-state index contributed by atoms with van der Waals surface area (Å²) in [5.41, 5.74) is 0.666. The molecular formula is C16H31N3. The van der Waals surface area contributed by atoms with Gasteiger partial charge in [-0.2, -0.15) is 0 Å². The first kappa shape index (κ1) is 13.8. The van der Waals surface area contributed by atoms with E-state index in [0.717, 1.165) is 12.1 Å². The quantitative estimate of drug-likeness (QED) is 0.771. The maximum Gasteiger partial charge on any atom is 0.0235 e. The van der Waals surface area contributed by atoms with Crippen LogP contribution < -0.4 is 0 Å². The van der Waals surface area contributed by atoms with E-state index in [1.54, 1.807) is 0 Å². The molecule has 0 amide bonds. The first-order valence-electron chi connectivity index (χ1n) is 8.32. The first-order chi connectivity index (χ1) is 9.12. The van der Waals surface area contributed by atoms with E-state index in [9.17, 15) is 0 Å². The zero-order valence-corrected chi connectivity index (χ0v) is 13.1. The van der Waals surface area contributed by atoms with Gasteiger partial charge in [-0.05, 0) is 46.2 Å². The molecule has 0 bridgehead atoms. The molecule has 0 saturated carbocycles. The van der Waals surface area contributed by atoms with Gasteiger partial charge in [-0.1, -0.05) is 6.92 Å². The van der Waals surface area contributed by atoms with Gasteiger partial charge in [-0.3, -0.25) is 9.80 Å². The molecule has 3 fully saturated rings. The highest BCUT2D eigenvalue weighted by Gasteiger charge is 2.46. The number of nitrogens with zero attached hydrogens (tertiary/aromatic N) is 3.